The molecule has 110 valence electrons. The van der Waals surface area contributed by atoms with Gasteiger partial charge in [-0.1, -0.05) is 29.8 Å². The van der Waals surface area contributed by atoms with Crippen molar-refractivity contribution in [3.63, 3.8) is 0 Å². The molecule has 3 nitrogen and oxygen atoms in total. The fourth-order valence-electron chi connectivity index (χ4n) is 1.77. The van der Waals surface area contributed by atoms with Gasteiger partial charge in [0, 0.05) is 17.8 Å². The zero-order chi connectivity index (χ0) is 15.2. The summed E-state index contributed by atoms with van der Waals surface area (Å²) in [7, 11) is 1.62. The summed E-state index contributed by atoms with van der Waals surface area (Å²) in [6.45, 7) is 0.519. The van der Waals surface area contributed by atoms with Crippen LogP contribution >= 0.6 is 23.8 Å². The van der Waals surface area contributed by atoms with E-state index < -0.39 is 5.82 Å². The van der Waals surface area contributed by atoms with Gasteiger partial charge in [-0.2, -0.15) is 0 Å². The van der Waals surface area contributed by atoms with E-state index >= 15 is 0 Å². The highest BCUT2D eigenvalue weighted by Gasteiger charge is 2.04. The third-order valence-corrected chi connectivity index (χ3v) is 3.35. The van der Waals surface area contributed by atoms with Gasteiger partial charge in [-0.3, -0.25) is 0 Å². The lowest BCUT2D eigenvalue weighted by Gasteiger charge is -2.13. The highest BCUT2D eigenvalue weighted by molar-refractivity contribution is 7.80. The van der Waals surface area contributed by atoms with E-state index in [0.29, 0.717) is 17.3 Å². The minimum Gasteiger partial charge on any atom is -0.496 e. The van der Waals surface area contributed by atoms with Gasteiger partial charge < -0.3 is 15.4 Å². The van der Waals surface area contributed by atoms with Crippen LogP contribution in [0.25, 0.3) is 0 Å². The van der Waals surface area contributed by atoms with Crippen molar-refractivity contribution < 1.29 is 9.13 Å². The predicted molar refractivity (Wildman–Crippen MR) is 87.5 cm³/mol. The molecule has 0 amide bonds. The van der Waals surface area contributed by atoms with Crippen LogP contribution in [-0.4, -0.2) is 12.2 Å². The van der Waals surface area contributed by atoms with Crippen LogP contribution in [-0.2, 0) is 6.54 Å². The number of para-hydroxylation sites is 1. The van der Waals surface area contributed by atoms with Crippen LogP contribution in [0.2, 0.25) is 5.02 Å². The Morgan fingerprint density at radius 2 is 2.05 bits per heavy atom. The number of anilines is 1. The second-order valence-electron chi connectivity index (χ2n) is 4.25. The zero-order valence-electron chi connectivity index (χ0n) is 11.3. The van der Waals surface area contributed by atoms with E-state index in [4.69, 9.17) is 28.6 Å². The number of benzene rings is 2. The number of hydrogen-bond donors (Lipinski definition) is 2. The Labute approximate surface area is 133 Å². The van der Waals surface area contributed by atoms with E-state index in [-0.39, 0.29) is 5.02 Å². The van der Waals surface area contributed by atoms with Crippen LogP contribution in [0.3, 0.4) is 0 Å². The Balaban J connectivity index is 1.94. The molecule has 2 rings (SSSR count). The fraction of sp³-hybridized carbons (Fsp3) is 0.133. The van der Waals surface area contributed by atoms with Crippen molar-refractivity contribution in [1.29, 1.82) is 0 Å². The second-order valence-corrected chi connectivity index (χ2v) is 5.06. The number of rotatable bonds is 4. The van der Waals surface area contributed by atoms with E-state index in [2.05, 4.69) is 10.6 Å². The molecule has 0 aliphatic heterocycles. The molecule has 0 fully saturated rings. The van der Waals surface area contributed by atoms with Crippen molar-refractivity contribution in [1.82, 2.24) is 5.32 Å². The first-order chi connectivity index (χ1) is 10.1. The summed E-state index contributed by atoms with van der Waals surface area (Å²) in [5, 5.41) is 6.47. The Morgan fingerprint density at radius 3 is 2.76 bits per heavy atom. The first kappa shape index (κ1) is 15.5. The maximum Gasteiger partial charge on any atom is 0.171 e. The van der Waals surface area contributed by atoms with Gasteiger partial charge in [0.15, 0.2) is 5.11 Å². The summed E-state index contributed by atoms with van der Waals surface area (Å²) in [4.78, 5) is 0. The fourth-order valence-corrected chi connectivity index (χ4v) is 2.14. The Kier molecular flexibility index (Phi) is 5.36. The van der Waals surface area contributed by atoms with Crippen LogP contribution in [0.15, 0.2) is 42.5 Å². The quantitative estimate of drug-likeness (QED) is 0.834. The van der Waals surface area contributed by atoms with Gasteiger partial charge >= 0.3 is 0 Å². The van der Waals surface area contributed by atoms with Gasteiger partial charge in [0.1, 0.15) is 11.6 Å². The minimum atomic E-state index is -0.463. The molecule has 0 spiro atoms. The van der Waals surface area contributed by atoms with E-state index in [0.717, 1.165) is 11.3 Å². The van der Waals surface area contributed by atoms with E-state index in [1.807, 2.05) is 24.3 Å². The molecule has 21 heavy (non-hydrogen) atoms. The summed E-state index contributed by atoms with van der Waals surface area (Å²) in [5.74, 6) is 0.327. The smallest absolute Gasteiger partial charge is 0.171 e. The third kappa shape index (κ3) is 4.31. The largest absolute Gasteiger partial charge is 0.496 e. The van der Waals surface area contributed by atoms with E-state index in [1.165, 1.54) is 12.1 Å². The monoisotopic (exact) mass is 324 g/mol. The lowest BCUT2D eigenvalue weighted by atomic mass is 10.2. The van der Waals surface area contributed by atoms with Crippen molar-refractivity contribution in [3.8, 4) is 5.75 Å². The molecule has 6 heteroatoms. The number of halogens is 2. The topological polar surface area (TPSA) is 33.3 Å². The molecule has 0 aromatic heterocycles. The van der Waals surface area contributed by atoms with Crippen LogP contribution in [0.5, 0.6) is 5.75 Å². The molecule has 0 unspecified atom stereocenters. The second kappa shape index (κ2) is 7.24. The summed E-state index contributed by atoms with van der Waals surface area (Å²) in [5.41, 5.74) is 1.61. The molecule has 0 atom stereocenters. The van der Waals surface area contributed by atoms with E-state index in [1.54, 1.807) is 13.2 Å². The van der Waals surface area contributed by atoms with Crippen molar-refractivity contribution in [2.45, 2.75) is 6.54 Å². The van der Waals surface area contributed by atoms with Crippen molar-refractivity contribution >= 4 is 34.6 Å². The Bertz CT molecular complexity index is 651. The molecule has 0 radical (unpaired) electrons. The SMILES string of the molecule is COc1ccccc1CNC(=S)Nc1ccc(F)c(Cl)c1. The van der Waals surface area contributed by atoms with Crippen LogP contribution < -0.4 is 15.4 Å². The average molecular weight is 325 g/mol. The highest BCUT2D eigenvalue weighted by Crippen LogP contribution is 2.19. The molecule has 0 aliphatic rings. The van der Waals surface area contributed by atoms with Gasteiger partial charge in [-0.15, -0.1) is 0 Å². The molecule has 0 saturated heterocycles. The minimum absolute atomic E-state index is 0.0486. The zero-order valence-corrected chi connectivity index (χ0v) is 12.9. The number of methoxy groups -OCH3 is 1. The van der Waals surface area contributed by atoms with Crippen LogP contribution in [0.4, 0.5) is 10.1 Å². The van der Waals surface area contributed by atoms with Crippen LogP contribution in [0, 0.1) is 5.82 Å². The normalized spacial score (nSPS) is 10.0. The van der Waals surface area contributed by atoms with Crippen LogP contribution in [0.1, 0.15) is 5.56 Å². The van der Waals surface area contributed by atoms with Gasteiger partial charge in [-0.05, 0) is 36.5 Å². The number of nitrogens with one attached hydrogen (secondary N) is 2. The molecule has 0 aliphatic carbocycles. The Hall–Kier alpha value is -1.85. The molecule has 2 aromatic carbocycles. The maximum absolute atomic E-state index is 13.1. The highest BCUT2D eigenvalue weighted by atomic mass is 35.5. The summed E-state index contributed by atoms with van der Waals surface area (Å²) >= 11 is 10.9. The molecule has 2 N–H and O–H groups in total. The molecular weight excluding hydrogens is 311 g/mol. The summed E-state index contributed by atoms with van der Waals surface area (Å²) in [6.07, 6.45) is 0. The average Bonchev–Trinajstić information content (AvgIpc) is 2.49. The summed E-state index contributed by atoms with van der Waals surface area (Å²) in [6, 6.07) is 12.0. The predicted octanol–water partition coefficient (Wildman–Crippen LogP) is 3.97. The number of thiocarbonyl (C=S) groups is 1. The van der Waals surface area contributed by atoms with Crippen molar-refractivity contribution in [2.75, 3.05) is 12.4 Å². The third-order valence-electron chi connectivity index (χ3n) is 2.81. The summed E-state index contributed by atoms with van der Waals surface area (Å²) < 4.78 is 18.3. The first-order valence-electron chi connectivity index (χ1n) is 6.22. The van der Waals surface area contributed by atoms with Gasteiger partial charge in [-0.25, -0.2) is 4.39 Å². The van der Waals surface area contributed by atoms with Gasteiger partial charge in [0.05, 0.1) is 12.1 Å². The van der Waals surface area contributed by atoms with E-state index in [9.17, 15) is 4.39 Å². The molecule has 0 heterocycles. The standard InChI is InChI=1S/C15H14ClFN2OS/c1-20-14-5-3-2-4-10(14)9-18-15(21)19-11-6-7-13(17)12(16)8-11/h2-8H,9H2,1H3,(H2,18,19,21). The lowest BCUT2D eigenvalue weighted by molar-refractivity contribution is 0.409. The Morgan fingerprint density at radius 1 is 1.29 bits per heavy atom. The van der Waals surface area contributed by atoms with Gasteiger partial charge in [0.25, 0.3) is 0 Å². The first-order valence-corrected chi connectivity index (χ1v) is 7.00. The number of hydrogen-bond acceptors (Lipinski definition) is 2. The molecule has 2 aromatic rings. The van der Waals surface area contributed by atoms with Gasteiger partial charge in [0.2, 0.25) is 0 Å². The lowest BCUT2D eigenvalue weighted by Crippen LogP contribution is -2.28. The maximum atomic E-state index is 13.1. The van der Waals surface area contributed by atoms with Crippen molar-refractivity contribution in [2.24, 2.45) is 0 Å². The van der Waals surface area contributed by atoms with Crippen molar-refractivity contribution in [3.05, 3.63) is 58.9 Å². The number of ether oxygens (including phenoxy) is 1. The molecular formula is C15H14ClFN2OS. The molecule has 0 bridgehead atoms. The molecule has 0 saturated carbocycles.